The van der Waals surface area contributed by atoms with Crippen molar-refractivity contribution in [2.75, 3.05) is 26.4 Å². The van der Waals surface area contributed by atoms with Crippen LogP contribution in [0.1, 0.15) is 124 Å². The molecule has 44 heavy (non-hydrogen) atoms. The maximum Gasteiger partial charge on any atom is 0.303 e. The van der Waals surface area contributed by atoms with E-state index in [0.717, 1.165) is 44.4 Å². The lowest BCUT2D eigenvalue weighted by Gasteiger charge is -2.44. The number of carbonyl (C=O) groups is 2. The number of hydrogen-bond acceptors (Lipinski definition) is 5. The number of carboxylic acids is 1. The Hall–Kier alpha value is -1.96. The molecule has 0 aromatic heterocycles. The van der Waals surface area contributed by atoms with Crippen LogP contribution < -0.4 is 5.32 Å². The average Bonchev–Trinajstić information content (AvgIpc) is 3.31. The van der Waals surface area contributed by atoms with Crippen molar-refractivity contribution in [3.63, 3.8) is 0 Å². The van der Waals surface area contributed by atoms with E-state index in [0.29, 0.717) is 50.0 Å². The second-order valence-electron chi connectivity index (χ2n) is 14.6. The van der Waals surface area contributed by atoms with Crippen LogP contribution >= 0.6 is 0 Å². The summed E-state index contributed by atoms with van der Waals surface area (Å²) in [5, 5.41) is 21.7. The monoisotopic (exact) mass is 615 g/mol. The van der Waals surface area contributed by atoms with Crippen molar-refractivity contribution in [3.8, 4) is 0 Å². The zero-order valence-electron chi connectivity index (χ0n) is 28.1. The maximum atomic E-state index is 12.0. The molecule has 0 heterocycles. The van der Waals surface area contributed by atoms with Gasteiger partial charge in [-0.2, -0.15) is 0 Å². The van der Waals surface area contributed by atoms with E-state index in [1.54, 1.807) is 5.57 Å². The van der Waals surface area contributed by atoms with Crippen molar-refractivity contribution < 1.29 is 29.3 Å². The molecule has 3 fully saturated rings. The third-order valence-corrected chi connectivity index (χ3v) is 10.5. The summed E-state index contributed by atoms with van der Waals surface area (Å²) in [4.78, 5) is 22.5. The molecule has 7 heteroatoms. The second kappa shape index (κ2) is 17.7. The minimum absolute atomic E-state index is 0.0527. The molecule has 0 bridgehead atoms. The quantitative estimate of drug-likeness (QED) is 0.138. The number of carboxylic acid groups (broad SMARTS) is 1. The molecule has 0 spiro atoms. The zero-order chi connectivity index (χ0) is 32.2. The zero-order valence-corrected chi connectivity index (χ0v) is 28.1. The van der Waals surface area contributed by atoms with Gasteiger partial charge in [-0.1, -0.05) is 56.6 Å². The predicted molar refractivity (Wildman–Crippen MR) is 176 cm³/mol. The van der Waals surface area contributed by atoms with Crippen LogP contribution in [-0.4, -0.2) is 60.2 Å². The summed E-state index contributed by atoms with van der Waals surface area (Å²) >= 11 is 0. The van der Waals surface area contributed by atoms with Crippen molar-refractivity contribution in [2.45, 2.75) is 136 Å². The first-order valence-corrected chi connectivity index (χ1v) is 17.4. The number of aliphatic hydroxyl groups is 1. The van der Waals surface area contributed by atoms with Gasteiger partial charge in [-0.05, 0) is 113 Å². The van der Waals surface area contributed by atoms with E-state index in [4.69, 9.17) is 14.6 Å². The molecule has 3 aliphatic rings. The Morgan fingerprint density at radius 1 is 1.09 bits per heavy atom. The largest absolute Gasteiger partial charge is 0.481 e. The van der Waals surface area contributed by atoms with E-state index in [-0.39, 0.29) is 24.9 Å². The van der Waals surface area contributed by atoms with Crippen molar-refractivity contribution in [3.05, 3.63) is 35.5 Å². The van der Waals surface area contributed by atoms with Gasteiger partial charge < -0.3 is 25.0 Å². The highest BCUT2D eigenvalue weighted by atomic mass is 16.5. The van der Waals surface area contributed by atoms with Crippen LogP contribution in [0.3, 0.4) is 0 Å². The van der Waals surface area contributed by atoms with Crippen LogP contribution in [0.4, 0.5) is 0 Å². The number of nitrogens with one attached hydrogen (secondary N) is 1. The number of fused-ring (bicyclic) bond motifs is 1. The molecule has 3 rings (SSSR count). The number of allylic oxidation sites excluding steroid dienone is 4. The minimum Gasteiger partial charge on any atom is -0.481 e. The van der Waals surface area contributed by atoms with Crippen molar-refractivity contribution in [2.24, 2.45) is 23.2 Å². The number of aliphatic carboxylic acids is 1. The predicted octanol–water partition coefficient (Wildman–Crippen LogP) is 7.54. The van der Waals surface area contributed by atoms with Gasteiger partial charge in [0.05, 0.1) is 18.3 Å². The molecule has 250 valence electrons. The van der Waals surface area contributed by atoms with Gasteiger partial charge in [0.25, 0.3) is 0 Å². The highest BCUT2D eigenvalue weighted by Gasteiger charge is 2.50. The topological polar surface area (TPSA) is 105 Å². The SMILES string of the molecule is C=C1CC[C@H](OCCCNC(=O)CCOCCCC(=O)O)C/C1=C/C=C1\CCC[C@]2(C)[C@@H]([C@H](C)CCCC(C)(C)O)CC[C@@H]12. The van der Waals surface area contributed by atoms with Crippen LogP contribution in [0.5, 0.6) is 0 Å². The molecule has 1 amide bonds. The molecule has 3 N–H and O–H groups in total. The number of hydrogen-bond donors (Lipinski definition) is 3. The summed E-state index contributed by atoms with van der Waals surface area (Å²) < 4.78 is 11.5. The first-order chi connectivity index (χ1) is 20.9. The third-order valence-electron chi connectivity index (χ3n) is 10.5. The summed E-state index contributed by atoms with van der Waals surface area (Å²) in [7, 11) is 0. The fourth-order valence-electron chi connectivity index (χ4n) is 8.03. The summed E-state index contributed by atoms with van der Waals surface area (Å²) in [6.07, 6.45) is 19.1. The molecule has 0 unspecified atom stereocenters. The Morgan fingerprint density at radius 3 is 2.64 bits per heavy atom. The smallest absolute Gasteiger partial charge is 0.303 e. The van der Waals surface area contributed by atoms with Crippen molar-refractivity contribution >= 4 is 11.9 Å². The number of ether oxygens (including phenoxy) is 2. The normalized spacial score (nSPS) is 28.3. The first-order valence-electron chi connectivity index (χ1n) is 17.4. The Balaban J connectivity index is 1.41. The van der Waals surface area contributed by atoms with E-state index in [1.165, 1.54) is 49.7 Å². The van der Waals surface area contributed by atoms with E-state index < -0.39 is 11.6 Å². The van der Waals surface area contributed by atoms with Gasteiger partial charge in [-0.25, -0.2) is 0 Å². The Bertz CT molecular complexity index is 1010. The standard InChI is InChI=1S/C37H61NO6/c1-27-13-16-31(44-24-9-22-38-34(39)19-25-43-23-8-12-35(40)41)26-30(27)15-14-29-11-7-21-37(5)32(17-18-33(29)37)28(2)10-6-20-36(3,4)42/h14-15,28,31-33,42H,1,6-13,16-26H2,2-5H3,(H,38,39)(H,40,41)/b29-14+,30-15-/t28-,31+,32-,33+,37-/m1/s1. The van der Waals surface area contributed by atoms with E-state index >= 15 is 0 Å². The first kappa shape index (κ1) is 36.5. The van der Waals surface area contributed by atoms with Gasteiger partial charge in [-0.15, -0.1) is 0 Å². The summed E-state index contributed by atoms with van der Waals surface area (Å²) in [5.74, 6) is 1.26. The Morgan fingerprint density at radius 2 is 1.89 bits per heavy atom. The number of carbonyl (C=O) groups excluding carboxylic acids is 1. The summed E-state index contributed by atoms with van der Waals surface area (Å²) in [6, 6.07) is 0. The van der Waals surface area contributed by atoms with Gasteiger partial charge in [0, 0.05) is 32.6 Å². The molecule has 0 aromatic rings. The molecular weight excluding hydrogens is 554 g/mol. The van der Waals surface area contributed by atoms with Crippen LogP contribution in [0.2, 0.25) is 0 Å². The summed E-state index contributed by atoms with van der Waals surface area (Å²) in [6.45, 7) is 15.1. The molecule has 5 atom stereocenters. The molecule has 0 aromatic carbocycles. The summed E-state index contributed by atoms with van der Waals surface area (Å²) in [5.41, 5.74) is 4.02. The van der Waals surface area contributed by atoms with E-state index in [1.807, 2.05) is 13.8 Å². The van der Waals surface area contributed by atoms with E-state index in [2.05, 4.69) is 37.9 Å². The van der Waals surface area contributed by atoms with Crippen LogP contribution in [0, 0.1) is 23.2 Å². The maximum absolute atomic E-state index is 12.0. The molecule has 0 aliphatic heterocycles. The van der Waals surface area contributed by atoms with Crippen LogP contribution in [-0.2, 0) is 19.1 Å². The van der Waals surface area contributed by atoms with Gasteiger partial charge in [0.1, 0.15) is 0 Å². The van der Waals surface area contributed by atoms with Crippen LogP contribution in [0.15, 0.2) is 35.5 Å². The molecule has 7 nitrogen and oxygen atoms in total. The molecule has 3 saturated carbocycles. The fourth-order valence-corrected chi connectivity index (χ4v) is 8.03. The average molecular weight is 616 g/mol. The lowest BCUT2D eigenvalue weighted by molar-refractivity contribution is -0.137. The van der Waals surface area contributed by atoms with Crippen LogP contribution in [0.25, 0.3) is 0 Å². The lowest BCUT2D eigenvalue weighted by Crippen LogP contribution is -2.36. The van der Waals surface area contributed by atoms with Gasteiger partial charge >= 0.3 is 5.97 Å². The number of rotatable bonds is 18. The molecule has 3 aliphatic carbocycles. The minimum atomic E-state index is -0.831. The Labute approximate surface area is 266 Å². The van der Waals surface area contributed by atoms with Gasteiger partial charge in [0.15, 0.2) is 0 Å². The molecular formula is C37H61NO6. The highest BCUT2D eigenvalue weighted by Crippen LogP contribution is 2.60. The molecule has 0 saturated heterocycles. The lowest BCUT2D eigenvalue weighted by atomic mass is 9.60. The van der Waals surface area contributed by atoms with Gasteiger partial charge in [0.2, 0.25) is 5.91 Å². The van der Waals surface area contributed by atoms with Gasteiger partial charge in [-0.3, -0.25) is 9.59 Å². The fraction of sp³-hybridized carbons (Fsp3) is 0.784. The third kappa shape index (κ3) is 11.8. The molecule has 0 radical (unpaired) electrons. The van der Waals surface area contributed by atoms with E-state index in [9.17, 15) is 14.7 Å². The second-order valence-corrected chi connectivity index (χ2v) is 14.6. The highest BCUT2D eigenvalue weighted by molar-refractivity contribution is 5.75. The number of amides is 1. The Kier molecular flexibility index (Phi) is 14.7. The van der Waals surface area contributed by atoms with Crippen molar-refractivity contribution in [1.82, 2.24) is 5.32 Å². The van der Waals surface area contributed by atoms with Crippen molar-refractivity contribution in [1.29, 1.82) is 0 Å².